The van der Waals surface area contributed by atoms with Crippen molar-refractivity contribution in [1.29, 1.82) is 0 Å². The molecule has 0 saturated heterocycles. The van der Waals surface area contributed by atoms with Crippen LogP contribution in [0.25, 0.3) is 0 Å². The summed E-state index contributed by atoms with van der Waals surface area (Å²) in [6.07, 6.45) is 0.944. The Labute approximate surface area is 96.2 Å². The number of benzene rings is 1. The third kappa shape index (κ3) is 2.06. The lowest BCUT2D eigenvalue weighted by molar-refractivity contribution is 0.124. The van der Waals surface area contributed by atoms with E-state index in [4.69, 9.17) is 10.5 Å². The molecule has 2 rings (SSSR count). The zero-order chi connectivity index (χ0) is 11.8. The molecular weight excluding hydrogens is 202 g/mol. The molecule has 1 heterocycles. The molecule has 1 unspecified atom stereocenters. The summed E-state index contributed by atoms with van der Waals surface area (Å²) >= 11 is 0. The number of hydrogen-bond acceptors (Lipinski definition) is 3. The van der Waals surface area contributed by atoms with Crippen LogP contribution in [0, 0.1) is 0 Å². The second kappa shape index (κ2) is 4.07. The smallest absolute Gasteiger partial charge is 0.129 e. The maximum Gasteiger partial charge on any atom is 0.129 e. The molecule has 16 heavy (non-hydrogen) atoms. The molecular formula is C13H19NO2. The van der Waals surface area contributed by atoms with Crippen molar-refractivity contribution in [2.45, 2.75) is 38.4 Å². The van der Waals surface area contributed by atoms with E-state index < -0.39 is 6.10 Å². The zero-order valence-electron chi connectivity index (χ0n) is 9.86. The van der Waals surface area contributed by atoms with Gasteiger partial charge >= 0.3 is 0 Å². The summed E-state index contributed by atoms with van der Waals surface area (Å²) in [5, 5.41) is 9.99. The lowest BCUT2D eigenvalue weighted by Gasteiger charge is -2.19. The van der Waals surface area contributed by atoms with Crippen LogP contribution in [0.4, 0.5) is 0 Å². The van der Waals surface area contributed by atoms with Gasteiger partial charge in [0.05, 0.1) is 6.10 Å². The van der Waals surface area contributed by atoms with Crippen molar-refractivity contribution in [3.05, 3.63) is 29.3 Å². The summed E-state index contributed by atoms with van der Waals surface area (Å²) in [6, 6.07) is 5.95. The van der Waals surface area contributed by atoms with Crippen LogP contribution in [0.2, 0.25) is 0 Å². The average molecular weight is 221 g/mol. The third-order valence-corrected chi connectivity index (χ3v) is 2.92. The molecule has 0 saturated carbocycles. The van der Waals surface area contributed by atoms with E-state index in [-0.39, 0.29) is 5.60 Å². The van der Waals surface area contributed by atoms with E-state index in [9.17, 15) is 5.11 Å². The molecule has 1 aromatic rings. The minimum Gasteiger partial charge on any atom is -0.487 e. The molecule has 3 N–H and O–H groups in total. The molecule has 1 aliphatic rings. The monoisotopic (exact) mass is 221 g/mol. The van der Waals surface area contributed by atoms with Crippen LogP contribution in [-0.4, -0.2) is 17.3 Å². The van der Waals surface area contributed by atoms with Gasteiger partial charge in [0, 0.05) is 12.0 Å². The first-order valence-corrected chi connectivity index (χ1v) is 5.72. The Morgan fingerprint density at radius 1 is 1.50 bits per heavy atom. The highest BCUT2D eigenvalue weighted by atomic mass is 16.5. The SMILES string of the molecule is CC1(C)Cc2cccc(C(O)CCN)c2O1. The summed E-state index contributed by atoms with van der Waals surface area (Å²) < 4.78 is 5.89. The van der Waals surface area contributed by atoms with Crippen molar-refractivity contribution in [1.82, 2.24) is 0 Å². The van der Waals surface area contributed by atoms with Gasteiger partial charge in [-0.1, -0.05) is 18.2 Å². The molecule has 0 radical (unpaired) electrons. The number of nitrogens with two attached hydrogens (primary N) is 1. The second-order valence-electron chi connectivity index (χ2n) is 4.97. The minimum absolute atomic E-state index is 0.166. The maximum absolute atomic E-state index is 9.99. The van der Waals surface area contributed by atoms with E-state index in [1.54, 1.807) is 0 Å². The van der Waals surface area contributed by atoms with Crippen molar-refractivity contribution >= 4 is 0 Å². The van der Waals surface area contributed by atoms with Crippen molar-refractivity contribution in [2.75, 3.05) is 6.54 Å². The first-order valence-electron chi connectivity index (χ1n) is 5.72. The van der Waals surface area contributed by atoms with Crippen molar-refractivity contribution in [2.24, 2.45) is 5.73 Å². The number of para-hydroxylation sites is 1. The van der Waals surface area contributed by atoms with Gasteiger partial charge in [0.2, 0.25) is 0 Å². The highest BCUT2D eigenvalue weighted by molar-refractivity contribution is 5.46. The Kier molecular flexibility index (Phi) is 2.91. The van der Waals surface area contributed by atoms with Crippen LogP contribution in [0.3, 0.4) is 0 Å². The fourth-order valence-corrected chi connectivity index (χ4v) is 2.22. The normalized spacial score (nSPS) is 19.0. The summed E-state index contributed by atoms with van der Waals surface area (Å²) in [4.78, 5) is 0. The van der Waals surface area contributed by atoms with E-state index in [1.165, 1.54) is 5.56 Å². The second-order valence-corrected chi connectivity index (χ2v) is 4.97. The maximum atomic E-state index is 9.99. The molecule has 0 bridgehead atoms. The largest absolute Gasteiger partial charge is 0.487 e. The lowest BCUT2D eigenvalue weighted by Crippen LogP contribution is -2.25. The number of hydrogen-bond donors (Lipinski definition) is 2. The number of aliphatic hydroxyl groups is 1. The van der Waals surface area contributed by atoms with Gasteiger partial charge in [-0.2, -0.15) is 0 Å². The summed E-state index contributed by atoms with van der Waals surface area (Å²) in [5.41, 5.74) is 7.35. The predicted octanol–water partition coefficient (Wildman–Crippen LogP) is 1.78. The van der Waals surface area contributed by atoms with E-state index in [0.717, 1.165) is 17.7 Å². The van der Waals surface area contributed by atoms with Crippen LogP contribution in [0.1, 0.15) is 37.5 Å². The topological polar surface area (TPSA) is 55.5 Å². The average Bonchev–Trinajstić information content (AvgIpc) is 2.51. The Bertz CT molecular complexity index is 388. The van der Waals surface area contributed by atoms with E-state index in [0.29, 0.717) is 13.0 Å². The van der Waals surface area contributed by atoms with E-state index in [1.807, 2.05) is 12.1 Å². The Balaban J connectivity index is 2.33. The van der Waals surface area contributed by atoms with Gasteiger partial charge in [-0.05, 0) is 32.4 Å². The summed E-state index contributed by atoms with van der Waals surface area (Å²) in [7, 11) is 0. The first kappa shape index (κ1) is 11.4. The molecule has 0 aromatic heterocycles. The van der Waals surface area contributed by atoms with Gasteiger partial charge in [-0.15, -0.1) is 0 Å². The van der Waals surface area contributed by atoms with E-state index >= 15 is 0 Å². The van der Waals surface area contributed by atoms with Gasteiger partial charge in [0.15, 0.2) is 0 Å². The van der Waals surface area contributed by atoms with Crippen molar-refractivity contribution in [3.8, 4) is 5.75 Å². The van der Waals surface area contributed by atoms with Gasteiger partial charge in [-0.25, -0.2) is 0 Å². The highest BCUT2D eigenvalue weighted by Gasteiger charge is 2.32. The predicted molar refractivity (Wildman–Crippen MR) is 63.5 cm³/mol. The fraction of sp³-hybridized carbons (Fsp3) is 0.538. The zero-order valence-corrected chi connectivity index (χ0v) is 9.86. The van der Waals surface area contributed by atoms with Gasteiger partial charge in [-0.3, -0.25) is 0 Å². The molecule has 0 fully saturated rings. The Morgan fingerprint density at radius 2 is 2.25 bits per heavy atom. The quantitative estimate of drug-likeness (QED) is 0.818. The van der Waals surface area contributed by atoms with Gasteiger partial charge < -0.3 is 15.6 Å². The molecule has 0 aliphatic carbocycles. The molecule has 1 atom stereocenters. The van der Waals surface area contributed by atoms with Crippen LogP contribution in [0.15, 0.2) is 18.2 Å². The van der Waals surface area contributed by atoms with Crippen LogP contribution in [-0.2, 0) is 6.42 Å². The Morgan fingerprint density at radius 3 is 2.94 bits per heavy atom. The van der Waals surface area contributed by atoms with Gasteiger partial charge in [0.25, 0.3) is 0 Å². The number of ether oxygens (including phenoxy) is 1. The van der Waals surface area contributed by atoms with Crippen LogP contribution < -0.4 is 10.5 Å². The molecule has 1 aliphatic heterocycles. The van der Waals surface area contributed by atoms with Crippen LogP contribution >= 0.6 is 0 Å². The van der Waals surface area contributed by atoms with E-state index in [2.05, 4.69) is 19.9 Å². The molecule has 0 amide bonds. The number of rotatable bonds is 3. The molecule has 0 spiro atoms. The summed E-state index contributed by atoms with van der Waals surface area (Å²) in [6.45, 7) is 4.60. The molecule has 3 nitrogen and oxygen atoms in total. The number of fused-ring (bicyclic) bond motifs is 1. The van der Waals surface area contributed by atoms with Crippen LogP contribution in [0.5, 0.6) is 5.75 Å². The van der Waals surface area contributed by atoms with Gasteiger partial charge in [0.1, 0.15) is 11.4 Å². The van der Waals surface area contributed by atoms with Crippen molar-refractivity contribution in [3.63, 3.8) is 0 Å². The third-order valence-electron chi connectivity index (χ3n) is 2.92. The molecule has 88 valence electrons. The fourth-order valence-electron chi connectivity index (χ4n) is 2.22. The Hall–Kier alpha value is -1.06. The van der Waals surface area contributed by atoms with Crippen molar-refractivity contribution < 1.29 is 9.84 Å². The lowest BCUT2D eigenvalue weighted by atomic mass is 9.98. The summed E-state index contributed by atoms with van der Waals surface area (Å²) in [5.74, 6) is 0.855. The number of aliphatic hydroxyl groups excluding tert-OH is 1. The first-order chi connectivity index (χ1) is 7.53. The molecule has 3 heteroatoms. The standard InChI is InChI=1S/C13H19NO2/c1-13(2)8-9-4-3-5-10(12(9)16-13)11(15)6-7-14/h3-5,11,15H,6-8,14H2,1-2H3. The molecule has 1 aromatic carbocycles. The minimum atomic E-state index is -0.520. The highest BCUT2D eigenvalue weighted by Crippen LogP contribution is 2.40.